The summed E-state index contributed by atoms with van der Waals surface area (Å²) in [6, 6.07) is 18.5. The second-order valence-corrected chi connectivity index (χ2v) is 7.11. The van der Waals surface area contributed by atoms with Gasteiger partial charge in [-0.1, -0.05) is 42.0 Å². The Hall–Kier alpha value is -3.21. The molecule has 2 atom stereocenters. The van der Waals surface area contributed by atoms with E-state index in [9.17, 15) is 0 Å². The Balaban J connectivity index is 1.59. The largest absolute Gasteiger partial charge is 0.490 e. The SMILES string of the molecule is CCOc1cccc2c1OC(c1ccco1)N1N=C(c3ccc(C)cc3)CC21. The van der Waals surface area contributed by atoms with Gasteiger partial charge in [0, 0.05) is 12.0 Å². The third-order valence-electron chi connectivity index (χ3n) is 5.25. The third-order valence-corrected chi connectivity index (χ3v) is 5.25. The highest BCUT2D eigenvalue weighted by Gasteiger charge is 2.43. The van der Waals surface area contributed by atoms with Crippen molar-refractivity contribution in [3.05, 3.63) is 83.3 Å². The molecule has 1 aromatic heterocycles. The maximum absolute atomic E-state index is 6.38. The molecule has 2 aliphatic heterocycles. The Kier molecular flexibility index (Phi) is 4.08. The van der Waals surface area contributed by atoms with Gasteiger partial charge in [0.05, 0.1) is 24.6 Å². The summed E-state index contributed by atoms with van der Waals surface area (Å²) in [5, 5.41) is 6.97. The first-order valence-electron chi connectivity index (χ1n) is 9.63. The average Bonchev–Trinajstić information content (AvgIpc) is 3.39. The zero-order valence-corrected chi connectivity index (χ0v) is 16.0. The molecule has 0 saturated heterocycles. The van der Waals surface area contributed by atoms with Crippen molar-refractivity contribution < 1.29 is 13.9 Å². The second kappa shape index (κ2) is 6.75. The van der Waals surface area contributed by atoms with Crippen LogP contribution in [-0.2, 0) is 0 Å². The van der Waals surface area contributed by atoms with Crippen LogP contribution in [0.3, 0.4) is 0 Å². The van der Waals surface area contributed by atoms with Crippen LogP contribution in [-0.4, -0.2) is 17.3 Å². The van der Waals surface area contributed by atoms with Crippen LogP contribution < -0.4 is 9.47 Å². The van der Waals surface area contributed by atoms with E-state index in [1.165, 1.54) is 5.56 Å². The molecule has 0 saturated carbocycles. The van der Waals surface area contributed by atoms with Gasteiger partial charge < -0.3 is 13.9 Å². The summed E-state index contributed by atoms with van der Waals surface area (Å²) in [5.41, 5.74) is 4.53. The van der Waals surface area contributed by atoms with Crippen LogP contribution in [0.5, 0.6) is 11.5 Å². The quantitative estimate of drug-likeness (QED) is 0.627. The van der Waals surface area contributed by atoms with E-state index in [1.54, 1.807) is 6.26 Å². The third kappa shape index (κ3) is 2.74. The highest BCUT2D eigenvalue weighted by molar-refractivity contribution is 6.02. The van der Waals surface area contributed by atoms with Crippen LogP contribution in [0.15, 0.2) is 70.4 Å². The lowest BCUT2D eigenvalue weighted by Crippen LogP contribution is -2.33. The van der Waals surface area contributed by atoms with Gasteiger partial charge in [0.25, 0.3) is 0 Å². The molecule has 142 valence electrons. The lowest BCUT2D eigenvalue weighted by Gasteiger charge is -2.37. The van der Waals surface area contributed by atoms with Crippen molar-refractivity contribution >= 4 is 5.71 Å². The zero-order chi connectivity index (χ0) is 19.1. The fraction of sp³-hybridized carbons (Fsp3) is 0.261. The number of furan rings is 1. The van der Waals surface area contributed by atoms with E-state index in [2.05, 4.69) is 37.3 Å². The number of hydrogen-bond donors (Lipinski definition) is 0. The van der Waals surface area contributed by atoms with Crippen molar-refractivity contribution in [3.8, 4) is 11.5 Å². The van der Waals surface area contributed by atoms with Crippen LogP contribution in [0.25, 0.3) is 0 Å². The number of nitrogens with zero attached hydrogens (tertiary/aromatic N) is 2. The Morgan fingerprint density at radius 1 is 1.11 bits per heavy atom. The molecule has 0 radical (unpaired) electrons. The van der Waals surface area contributed by atoms with E-state index in [0.717, 1.165) is 40.5 Å². The molecule has 0 aliphatic carbocycles. The Morgan fingerprint density at radius 2 is 1.96 bits per heavy atom. The Morgan fingerprint density at radius 3 is 2.71 bits per heavy atom. The molecule has 3 aromatic rings. The summed E-state index contributed by atoms with van der Waals surface area (Å²) in [7, 11) is 0. The number of hydrogen-bond acceptors (Lipinski definition) is 5. The monoisotopic (exact) mass is 374 g/mol. The van der Waals surface area contributed by atoms with Gasteiger partial charge in [-0.05, 0) is 37.6 Å². The second-order valence-electron chi connectivity index (χ2n) is 7.11. The van der Waals surface area contributed by atoms with Crippen LogP contribution in [0.4, 0.5) is 0 Å². The Bertz CT molecular complexity index is 1010. The molecule has 3 heterocycles. The highest BCUT2D eigenvalue weighted by atomic mass is 16.5. The summed E-state index contributed by atoms with van der Waals surface area (Å²) in [5.74, 6) is 2.28. The molecule has 28 heavy (non-hydrogen) atoms. The van der Waals surface area contributed by atoms with Crippen molar-refractivity contribution in [1.82, 2.24) is 5.01 Å². The Labute approximate surface area is 164 Å². The van der Waals surface area contributed by atoms with Crippen LogP contribution >= 0.6 is 0 Å². The van der Waals surface area contributed by atoms with Gasteiger partial charge in [-0.15, -0.1) is 0 Å². The number of rotatable bonds is 4. The van der Waals surface area contributed by atoms with Gasteiger partial charge in [0.1, 0.15) is 0 Å². The number of fused-ring (bicyclic) bond motifs is 3. The molecule has 0 N–H and O–H groups in total. The van der Waals surface area contributed by atoms with Gasteiger partial charge in [-0.2, -0.15) is 5.10 Å². The minimum absolute atomic E-state index is 0.0792. The predicted octanol–water partition coefficient (Wildman–Crippen LogP) is 5.23. The number of para-hydroxylation sites is 1. The van der Waals surface area contributed by atoms with E-state index in [1.807, 2.05) is 36.2 Å². The number of benzene rings is 2. The number of hydrazone groups is 1. The maximum Gasteiger partial charge on any atom is 0.246 e. The van der Waals surface area contributed by atoms with Crippen molar-refractivity contribution in [2.45, 2.75) is 32.5 Å². The van der Waals surface area contributed by atoms with E-state index in [0.29, 0.717) is 6.61 Å². The molecule has 0 fully saturated rings. The maximum atomic E-state index is 6.38. The fourth-order valence-electron chi connectivity index (χ4n) is 3.89. The minimum atomic E-state index is -0.419. The van der Waals surface area contributed by atoms with Crippen LogP contribution in [0.1, 0.15) is 48.1 Å². The molecule has 2 aliphatic rings. The van der Waals surface area contributed by atoms with Gasteiger partial charge >= 0.3 is 0 Å². The molecular weight excluding hydrogens is 352 g/mol. The first-order chi connectivity index (χ1) is 13.7. The standard InChI is InChI=1S/C23H22N2O3/c1-3-26-20-7-4-6-17-19-14-18(16-11-9-15(2)10-12-16)24-25(19)23(28-22(17)20)21-8-5-13-27-21/h4-13,19,23H,3,14H2,1-2H3. The predicted molar refractivity (Wildman–Crippen MR) is 107 cm³/mol. The summed E-state index contributed by atoms with van der Waals surface area (Å²) < 4.78 is 17.9. The van der Waals surface area contributed by atoms with E-state index in [-0.39, 0.29) is 6.04 Å². The molecule has 2 aromatic carbocycles. The fourth-order valence-corrected chi connectivity index (χ4v) is 3.89. The van der Waals surface area contributed by atoms with Gasteiger partial charge in [-0.3, -0.25) is 0 Å². The van der Waals surface area contributed by atoms with Gasteiger partial charge in [0.2, 0.25) is 6.23 Å². The van der Waals surface area contributed by atoms with Crippen LogP contribution in [0, 0.1) is 6.92 Å². The molecule has 5 rings (SSSR count). The van der Waals surface area contributed by atoms with Crippen molar-refractivity contribution in [2.24, 2.45) is 5.10 Å². The van der Waals surface area contributed by atoms with Gasteiger partial charge in [0.15, 0.2) is 17.3 Å². The summed E-state index contributed by atoms with van der Waals surface area (Å²) in [6.45, 7) is 4.66. The van der Waals surface area contributed by atoms with E-state index < -0.39 is 6.23 Å². The summed E-state index contributed by atoms with van der Waals surface area (Å²) in [4.78, 5) is 0. The molecular formula is C23H22N2O3. The van der Waals surface area contributed by atoms with E-state index >= 15 is 0 Å². The molecule has 2 unspecified atom stereocenters. The molecule has 0 amide bonds. The van der Waals surface area contributed by atoms with E-state index in [4.69, 9.17) is 19.0 Å². The smallest absolute Gasteiger partial charge is 0.246 e. The molecule has 5 nitrogen and oxygen atoms in total. The first-order valence-corrected chi connectivity index (χ1v) is 9.63. The number of aryl methyl sites for hydroxylation is 1. The first kappa shape index (κ1) is 16.9. The highest BCUT2D eigenvalue weighted by Crippen LogP contribution is 2.50. The zero-order valence-electron chi connectivity index (χ0n) is 16.0. The van der Waals surface area contributed by atoms with Crippen molar-refractivity contribution in [3.63, 3.8) is 0 Å². The molecule has 0 spiro atoms. The average molecular weight is 374 g/mol. The summed E-state index contributed by atoms with van der Waals surface area (Å²) in [6.07, 6.45) is 2.06. The lowest BCUT2D eigenvalue weighted by molar-refractivity contribution is -0.0344. The van der Waals surface area contributed by atoms with Crippen molar-refractivity contribution in [2.75, 3.05) is 6.61 Å². The summed E-state index contributed by atoms with van der Waals surface area (Å²) >= 11 is 0. The topological polar surface area (TPSA) is 47.2 Å². The van der Waals surface area contributed by atoms with Crippen molar-refractivity contribution in [1.29, 1.82) is 0 Å². The molecule has 5 heteroatoms. The lowest BCUT2D eigenvalue weighted by atomic mass is 9.96. The normalized spacial score (nSPS) is 20.2. The van der Waals surface area contributed by atoms with Crippen LogP contribution in [0.2, 0.25) is 0 Å². The van der Waals surface area contributed by atoms with Gasteiger partial charge in [-0.25, -0.2) is 5.01 Å². The minimum Gasteiger partial charge on any atom is -0.490 e. The number of ether oxygens (including phenoxy) is 2. The molecule has 0 bridgehead atoms.